The Morgan fingerprint density at radius 1 is 0.929 bits per heavy atom. The molecule has 2 heteroatoms. The monoisotopic (exact) mass is 246 g/mol. The number of rotatable bonds is 0. The fraction of sp³-hybridized carbons (Fsp3) is 0. The smallest absolute Gasteiger partial charge is 0.170 e. The normalized spacial score (nSPS) is 11.2. The predicted octanol–water partition coefficient (Wildman–Crippen LogP) is 4.35. The second-order valence-electron chi connectivity index (χ2n) is 3.25. The third kappa shape index (κ3) is 1.07. The van der Waals surface area contributed by atoms with Gasteiger partial charge in [-0.15, -0.1) is 0 Å². The second kappa shape index (κ2) is 2.85. The quantitative estimate of drug-likeness (QED) is 0.575. The zero-order valence-corrected chi connectivity index (χ0v) is 8.91. The van der Waals surface area contributed by atoms with Gasteiger partial charge < -0.3 is 4.42 Å². The zero-order chi connectivity index (χ0) is 9.54. The van der Waals surface area contributed by atoms with Gasteiger partial charge in [-0.05, 0) is 38.8 Å². The third-order valence-electron chi connectivity index (χ3n) is 2.40. The van der Waals surface area contributed by atoms with Gasteiger partial charge in [-0.3, -0.25) is 0 Å². The van der Waals surface area contributed by atoms with Gasteiger partial charge in [0, 0.05) is 5.39 Å². The van der Waals surface area contributed by atoms with Crippen molar-refractivity contribution in [1.82, 2.24) is 0 Å². The number of hydrogen-bond donors (Lipinski definition) is 0. The van der Waals surface area contributed by atoms with Crippen LogP contribution in [-0.2, 0) is 0 Å². The summed E-state index contributed by atoms with van der Waals surface area (Å²) in [6.07, 6.45) is 0. The highest BCUT2D eigenvalue weighted by Gasteiger charge is 2.04. The summed E-state index contributed by atoms with van der Waals surface area (Å²) in [4.78, 5) is 0. The molecular weight excluding hydrogens is 240 g/mol. The Morgan fingerprint density at radius 2 is 1.79 bits per heavy atom. The van der Waals surface area contributed by atoms with Gasteiger partial charge in [-0.1, -0.05) is 30.3 Å². The van der Waals surface area contributed by atoms with E-state index in [-0.39, 0.29) is 0 Å². The Morgan fingerprint density at radius 3 is 2.71 bits per heavy atom. The van der Waals surface area contributed by atoms with Gasteiger partial charge in [0.25, 0.3) is 0 Å². The van der Waals surface area contributed by atoms with Gasteiger partial charge in [-0.25, -0.2) is 0 Å². The maximum atomic E-state index is 5.49. The molecule has 0 aliphatic rings. The predicted molar refractivity (Wildman–Crippen MR) is 61.4 cm³/mol. The molecule has 0 saturated heterocycles. The van der Waals surface area contributed by atoms with Gasteiger partial charge in [0.05, 0.1) is 0 Å². The van der Waals surface area contributed by atoms with E-state index >= 15 is 0 Å². The van der Waals surface area contributed by atoms with Crippen molar-refractivity contribution in [3.63, 3.8) is 0 Å². The molecule has 68 valence electrons. The van der Waals surface area contributed by atoms with Gasteiger partial charge in [-0.2, -0.15) is 0 Å². The van der Waals surface area contributed by atoms with Crippen molar-refractivity contribution in [3.05, 3.63) is 47.1 Å². The molecule has 0 atom stereocenters. The minimum Gasteiger partial charge on any atom is -0.449 e. The van der Waals surface area contributed by atoms with Crippen LogP contribution >= 0.6 is 15.9 Å². The lowest BCUT2D eigenvalue weighted by Crippen LogP contribution is -1.71. The van der Waals surface area contributed by atoms with E-state index in [1.54, 1.807) is 0 Å². The minimum atomic E-state index is 0.781. The molecule has 3 aromatic rings. The lowest BCUT2D eigenvalue weighted by molar-refractivity contribution is 0.587. The average molecular weight is 247 g/mol. The summed E-state index contributed by atoms with van der Waals surface area (Å²) >= 11 is 3.34. The average Bonchev–Trinajstić information content (AvgIpc) is 2.59. The molecule has 0 aliphatic carbocycles. The number of benzene rings is 2. The first-order chi connectivity index (χ1) is 6.84. The summed E-state index contributed by atoms with van der Waals surface area (Å²) in [6, 6.07) is 14.4. The summed E-state index contributed by atoms with van der Waals surface area (Å²) in [6.45, 7) is 0. The van der Waals surface area contributed by atoms with E-state index in [4.69, 9.17) is 4.42 Å². The number of fused-ring (bicyclic) bond motifs is 3. The third-order valence-corrected chi connectivity index (χ3v) is 2.79. The Bertz CT molecular complexity index is 610. The van der Waals surface area contributed by atoms with Crippen molar-refractivity contribution in [2.75, 3.05) is 0 Å². The summed E-state index contributed by atoms with van der Waals surface area (Å²) in [5.41, 5.74) is 0.926. The van der Waals surface area contributed by atoms with E-state index < -0.39 is 0 Å². The maximum Gasteiger partial charge on any atom is 0.170 e. The van der Waals surface area contributed by atoms with E-state index in [9.17, 15) is 0 Å². The van der Waals surface area contributed by atoms with Gasteiger partial charge in [0.2, 0.25) is 0 Å². The van der Waals surface area contributed by atoms with Gasteiger partial charge in [0.1, 0.15) is 5.58 Å². The first kappa shape index (κ1) is 8.06. The molecule has 0 spiro atoms. The SMILES string of the molecule is Brc1cc2c(ccc3ccccc32)o1. The minimum absolute atomic E-state index is 0.781. The van der Waals surface area contributed by atoms with E-state index in [0.717, 1.165) is 15.6 Å². The Labute approximate surface area is 89.5 Å². The van der Waals surface area contributed by atoms with Gasteiger partial charge >= 0.3 is 0 Å². The molecule has 0 amide bonds. The largest absolute Gasteiger partial charge is 0.449 e. The van der Waals surface area contributed by atoms with Crippen LogP contribution in [0.25, 0.3) is 21.7 Å². The van der Waals surface area contributed by atoms with Crippen LogP contribution in [0, 0.1) is 0 Å². The van der Waals surface area contributed by atoms with E-state index in [2.05, 4.69) is 34.1 Å². The summed E-state index contributed by atoms with van der Waals surface area (Å²) in [7, 11) is 0. The van der Waals surface area contributed by atoms with Crippen LogP contribution in [0.3, 0.4) is 0 Å². The molecule has 1 heterocycles. The summed E-state index contributed by atoms with van der Waals surface area (Å²) in [5, 5.41) is 3.64. The van der Waals surface area contributed by atoms with Gasteiger partial charge in [0.15, 0.2) is 4.67 Å². The van der Waals surface area contributed by atoms with E-state index in [1.807, 2.05) is 24.3 Å². The van der Waals surface area contributed by atoms with Crippen molar-refractivity contribution in [2.24, 2.45) is 0 Å². The first-order valence-corrected chi connectivity index (χ1v) is 5.21. The fourth-order valence-electron chi connectivity index (χ4n) is 1.76. The van der Waals surface area contributed by atoms with Crippen LogP contribution in [0.15, 0.2) is 51.6 Å². The van der Waals surface area contributed by atoms with E-state index in [1.165, 1.54) is 10.8 Å². The van der Waals surface area contributed by atoms with Crippen molar-refractivity contribution in [1.29, 1.82) is 0 Å². The Balaban J connectivity index is 2.60. The molecule has 2 aromatic carbocycles. The topological polar surface area (TPSA) is 13.1 Å². The fourth-order valence-corrected chi connectivity index (χ4v) is 2.16. The van der Waals surface area contributed by atoms with Crippen molar-refractivity contribution >= 4 is 37.7 Å². The number of hydrogen-bond acceptors (Lipinski definition) is 1. The van der Waals surface area contributed by atoms with Crippen LogP contribution in [0.2, 0.25) is 0 Å². The van der Waals surface area contributed by atoms with Crippen LogP contribution < -0.4 is 0 Å². The molecule has 0 fully saturated rings. The lowest BCUT2D eigenvalue weighted by Gasteiger charge is -1.96. The molecule has 3 rings (SSSR count). The van der Waals surface area contributed by atoms with E-state index in [0.29, 0.717) is 0 Å². The van der Waals surface area contributed by atoms with Crippen LogP contribution in [0.1, 0.15) is 0 Å². The highest BCUT2D eigenvalue weighted by Crippen LogP contribution is 2.29. The standard InChI is InChI=1S/C12H7BrO/c13-12-7-10-9-4-2-1-3-8(9)5-6-11(10)14-12/h1-7H. The molecule has 14 heavy (non-hydrogen) atoms. The molecule has 1 aromatic heterocycles. The van der Waals surface area contributed by atoms with Crippen molar-refractivity contribution in [2.45, 2.75) is 0 Å². The van der Waals surface area contributed by atoms with Crippen LogP contribution in [0.4, 0.5) is 0 Å². The molecule has 0 unspecified atom stereocenters. The summed E-state index contributed by atoms with van der Waals surface area (Å²) in [5.74, 6) is 0. The van der Waals surface area contributed by atoms with Crippen LogP contribution in [-0.4, -0.2) is 0 Å². The lowest BCUT2D eigenvalue weighted by atomic mass is 10.1. The Hall–Kier alpha value is -1.28. The number of halogens is 1. The molecule has 0 aliphatic heterocycles. The molecule has 0 N–H and O–H groups in total. The highest BCUT2D eigenvalue weighted by molar-refractivity contribution is 9.10. The second-order valence-corrected chi connectivity index (χ2v) is 4.03. The van der Waals surface area contributed by atoms with Crippen molar-refractivity contribution < 1.29 is 4.42 Å². The molecule has 0 saturated carbocycles. The first-order valence-electron chi connectivity index (χ1n) is 4.41. The molecular formula is C12H7BrO. The maximum absolute atomic E-state index is 5.49. The number of furan rings is 1. The van der Waals surface area contributed by atoms with Crippen molar-refractivity contribution in [3.8, 4) is 0 Å². The molecule has 0 bridgehead atoms. The molecule has 1 nitrogen and oxygen atoms in total. The molecule has 0 radical (unpaired) electrons. The Kier molecular flexibility index (Phi) is 1.64. The highest BCUT2D eigenvalue weighted by atomic mass is 79.9. The zero-order valence-electron chi connectivity index (χ0n) is 7.33. The summed E-state index contributed by atoms with van der Waals surface area (Å²) < 4.78 is 6.27. The van der Waals surface area contributed by atoms with Crippen LogP contribution in [0.5, 0.6) is 0 Å².